The molecule has 1 aliphatic carbocycles. The highest BCUT2D eigenvalue weighted by Crippen LogP contribution is 2.34. The number of carbonyl (C=O) groups is 1. The van der Waals surface area contributed by atoms with Gasteiger partial charge in [-0.1, -0.05) is 19.3 Å². The van der Waals surface area contributed by atoms with Gasteiger partial charge in [0.05, 0.1) is 11.3 Å². The Labute approximate surface area is 116 Å². The minimum Gasteiger partial charge on any atom is -0.481 e. The van der Waals surface area contributed by atoms with E-state index in [0.29, 0.717) is 5.82 Å². The second-order valence-corrected chi connectivity index (χ2v) is 5.20. The summed E-state index contributed by atoms with van der Waals surface area (Å²) in [7, 11) is 0. The van der Waals surface area contributed by atoms with Crippen LogP contribution in [0.4, 0.5) is 11.5 Å². The van der Waals surface area contributed by atoms with Gasteiger partial charge in [0.25, 0.3) is 5.69 Å². The second-order valence-electron chi connectivity index (χ2n) is 5.20. The SMILES string of the molecule is O=C(O)CC1(Nc2ccc([N+](=O)[O-])cn2)CCCCC1. The highest BCUT2D eigenvalue weighted by molar-refractivity contribution is 5.69. The first kappa shape index (κ1) is 14.2. The second kappa shape index (κ2) is 5.85. The van der Waals surface area contributed by atoms with Crippen molar-refractivity contribution in [2.45, 2.75) is 44.1 Å². The Kier molecular flexibility index (Phi) is 4.16. The number of nitro groups is 1. The molecule has 0 saturated heterocycles. The number of pyridine rings is 1. The molecule has 0 aromatic carbocycles. The molecule has 20 heavy (non-hydrogen) atoms. The normalized spacial score (nSPS) is 17.4. The highest BCUT2D eigenvalue weighted by atomic mass is 16.6. The minimum atomic E-state index is -0.846. The lowest BCUT2D eigenvalue weighted by molar-refractivity contribution is -0.385. The van der Waals surface area contributed by atoms with Gasteiger partial charge in [0.15, 0.2) is 0 Å². The maximum Gasteiger partial charge on any atom is 0.305 e. The molecule has 108 valence electrons. The van der Waals surface area contributed by atoms with Gasteiger partial charge in [-0.25, -0.2) is 4.98 Å². The molecule has 0 aliphatic heterocycles. The number of hydrogen-bond donors (Lipinski definition) is 2. The molecule has 0 spiro atoms. The zero-order valence-electron chi connectivity index (χ0n) is 11.0. The molecule has 1 saturated carbocycles. The largest absolute Gasteiger partial charge is 0.481 e. The third-order valence-corrected chi connectivity index (χ3v) is 3.65. The molecule has 1 heterocycles. The van der Waals surface area contributed by atoms with Crippen molar-refractivity contribution in [1.82, 2.24) is 4.98 Å². The summed E-state index contributed by atoms with van der Waals surface area (Å²) in [4.78, 5) is 25.1. The van der Waals surface area contributed by atoms with E-state index in [1.54, 1.807) is 0 Å². The van der Waals surface area contributed by atoms with Crippen LogP contribution in [0, 0.1) is 10.1 Å². The van der Waals surface area contributed by atoms with Crippen LogP contribution in [0.25, 0.3) is 0 Å². The van der Waals surface area contributed by atoms with Crippen LogP contribution in [0.5, 0.6) is 0 Å². The lowest BCUT2D eigenvalue weighted by Gasteiger charge is -2.37. The number of aliphatic carboxylic acids is 1. The van der Waals surface area contributed by atoms with Gasteiger partial charge in [-0.3, -0.25) is 14.9 Å². The van der Waals surface area contributed by atoms with E-state index >= 15 is 0 Å². The first-order valence-electron chi connectivity index (χ1n) is 6.61. The van der Waals surface area contributed by atoms with Gasteiger partial charge in [0.1, 0.15) is 12.0 Å². The van der Waals surface area contributed by atoms with Gasteiger partial charge in [0.2, 0.25) is 0 Å². The predicted octanol–water partition coefficient (Wildman–Crippen LogP) is 2.58. The topological polar surface area (TPSA) is 105 Å². The van der Waals surface area contributed by atoms with Gasteiger partial charge >= 0.3 is 5.97 Å². The van der Waals surface area contributed by atoms with E-state index in [-0.39, 0.29) is 12.1 Å². The molecule has 7 heteroatoms. The van der Waals surface area contributed by atoms with Crippen LogP contribution >= 0.6 is 0 Å². The molecule has 2 N–H and O–H groups in total. The summed E-state index contributed by atoms with van der Waals surface area (Å²) >= 11 is 0. The number of carboxylic acid groups (broad SMARTS) is 1. The maximum atomic E-state index is 11.1. The van der Waals surface area contributed by atoms with Crippen LogP contribution in [-0.2, 0) is 4.79 Å². The van der Waals surface area contributed by atoms with E-state index in [2.05, 4.69) is 10.3 Å². The average Bonchev–Trinajstić information content (AvgIpc) is 2.39. The first-order valence-corrected chi connectivity index (χ1v) is 6.61. The Morgan fingerprint density at radius 2 is 2.10 bits per heavy atom. The number of carboxylic acids is 1. The number of hydrogen-bond acceptors (Lipinski definition) is 5. The monoisotopic (exact) mass is 279 g/mol. The van der Waals surface area contributed by atoms with Gasteiger partial charge in [-0.05, 0) is 18.9 Å². The molecule has 1 aromatic heterocycles. The first-order chi connectivity index (χ1) is 9.51. The Hall–Kier alpha value is -2.18. The van der Waals surface area contributed by atoms with Gasteiger partial charge in [0, 0.05) is 11.6 Å². The Morgan fingerprint density at radius 3 is 2.60 bits per heavy atom. The van der Waals surface area contributed by atoms with Crippen molar-refractivity contribution in [2.24, 2.45) is 0 Å². The van der Waals surface area contributed by atoms with Crippen LogP contribution in [0.2, 0.25) is 0 Å². The molecular weight excluding hydrogens is 262 g/mol. The van der Waals surface area contributed by atoms with E-state index in [0.717, 1.165) is 32.1 Å². The summed E-state index contributed by atoms with van der Waals surface area (Å²) in [6, 6.07) is 2.89. The van der Waals surface area contributed by atoms with E-state index in [1.807, 2.05) is 0 Å². The van der Waals surface area contributed by atoms with Crippen molar-refractivity contribution in [1.29, 1.82) is 0 Å². The lowest BCUT2D eigenvalue weighted by atomic mass is 9.79. The Bertz CT molecular complexity index is 495. The van der Waals surface area contributed by atoms with Crippen LogP contribution in [0.3, 0.4) is 0 Å². The van der Waals surface area contributed by atoms with E-state index in [1.165, 1.54) is 18.3 Å². The Morgan fingerprint density at radius 1 is 1.40 bits per heavy atom. The number of aromatic nitrogens is 1. The summed E-state index contributed by atoms with van der Waals surface area (Å²) in [5.41, 5.74) is -0.570. The minimum absolute atomic E-state index is 0.0334. The molecule has 0 amide bonds. The fourth-order valence-electron chi connectivity index (χ4n) is 2.70. The van der Waals surface area contributed by atoms with Crippen molar-refractivity contribution in [3.8, 4) is 0 Å². The zero-order valence-corrected chi connectivity index (χ0v) is 11.0. The molecule has 7 nitrogen and oxygen atoms in total. The van der Waals surface area contributed by atoms with E-state index < -0.39 is 16.4 Å². The third-order valence-electron chi connectivity index (χ3n) is 3.65. The summed E-state index contributed by atoms with van der Waals surface area (Å²) in [5, 5.41) is 22.8. The number of nitrogens with one attached hydrogen (secondary N) is 1. The molecule has 1 aliphatic rings. The fraction of sp³-hybridized carbons (Fsp3) is 0.538. The average molecular weight is 279 g/mol. The number of nitrogens with zero attached hydrogens (tertiary/aromatic N) is 2. The van der Waals surface area contributed by atoms with Crippen molar-refractivity contribution < 1.29 is 14.8 Å². The van der Waals surface area contributed by atoms with E-state index in [4.69, 9.17) is 5.11 Å². The maximum absolute atomic E-state index is 11.1. The molecular formula is C13H17N3O4. The number of anilines is 1. The lowest BCUT2D eigenvalue weighted by Crippen LogP contribution is -2.42. The highest BCUT2D eigenvalue weighted by Gasteiger charge is 2.34. The van der Waals surface area contributed by atoms with Crippen molar-refractivity contribution in [3.05, 3.63) is 28.4 Å². The summed E-state index contributed by atoms with van der Waals surface area (Å²) in [5.74, 6) is -0.361. The van der Waals surface area contributed by atoms with Crippen molar-refractivity contribution >= 4 is 17.5 Å². The molecule has 0 atom stereocenters. The molecule has 1 fully saturated rings. The van der Waals surface area contributed by atoms with Gasteiger partial charge < -0.3 is 10.4 Å². The van der Waals surface area contributed by atoms with Gasteiger partial charge in [-0.15, -0.1) is 0 Å². The fourth-order valence-corrected chi connectivity index (χ4v) is 2.70. The molecule has 1 aromatic rings. The van der Waals surface area contributed by atoms with Crippen LogP contribution in [-0.4, -0.2) is 26.5 Å². The standard InChI is InChI=1S/C13H17N3O4/c17-12(18)8-13(6-2-1-3-7-13)15-11-5-4-10(9-14-11)16(19)20/h4-5,9H,1-3,6-8H2,(H,14,15)(H,17,18). The summed E-state index contributed by atoms with van der Waals surface area (Å²) in [6.07, 6.45) is 5.83. The molecule has 0 bridgehead atoms. The summed E-state index contributed by atoms with van der Waals surface area (Å²) < 4.78 is 0. The van der Waals surface area contributed by atoms with Gasteiger partial charge in [-0.2, -0.15) is 0 Å². The van der Waals surface area contributed by atoms with Crippen molar-refractivity contribution in [3.63, 3.8) is 0 Å². The quantitative estimate of drug-likeness (QED) is 0.634. The van der Waals surface area contributed by atoms with Crippen molar-refractivity contribution in [2.75, 3.05) is 5.32 Å². The Balaban J connectivity index is 2.14. The smallest absolute Gasteiger partial charge is 0.305 e. The van der Waals surface area contributed by atoms with Crippen LogP contribution in [0.15, 0.2) is 18.3 Å². The molecule has 0 radical (unpaired) electrons. The predicted molar refractivity (Wildman–Crippen MR) is 72.6 cm³/mol. The van der Waals surface area contributed by atoms with E-state index in [9.17, 15) is 14.9 Å². The van der Waals surface area contributed by atoms with Crippen LogP contribution < -0.4 is 5.32 Å². The van der Waals surface area contributed by atoms with Crippen LogP contribution in [0.1, 0.15) is 38.5 Å². The summed E-state index contributed by atoms with van der Waals surface area (Å²) in [6.45, 7) is 0. The molecule has 0 unspecified atom stereocenters. The third kappa shape index (κ3) is 3.43. The zero-order chi connectivity index (χ0) is 14.6. The number of rotatable bonds is 5. The molecule has 2 rings (SSSR count).